The van der Waals surface area contributed by atoms with Gasteiger partial charge in [0.1, 0.15) is 6.04 Å². The Morgan fingerprint density at radius 3 is 2.95 bits per heavy atom. The molecule has 0 aliphatic heterocycles. The lowest BCUT2D eigenvalue weighted by molar-refractivity contribution is -0.124. The number of hydrogen-bond acceptors (Lipinski definition) is 4. The minimum atomic E-state index is -0.370. The van der Waals surface area contributed by atoms with Crippen LogP contribution in [0.25, 0.3) is 10.7 Å². The summed E-state index contributed by atoms with van der Waals surface area (Å²) in [6.07, 6.45) is 5.83. The van der Waals surface area contributed by atoms with Gasteiger partial charge in [-0.25, -0.2) is 0 Å². The van der Waals surface area contributed by atoms with Crippen LogP contribution < -0.4 is 5.32 Å². The zero-order valence-corrected chi connectivity index (χ0v) is 14.2. The number of amides is 1. The molecule has 0 spiro atoms. The molecule has 1 unspecified atom stereocenters. The molecule has 2 aromatic heterocycles. The molecule has 1 amide bonds. The van der Waals surface area contributed by atoms with Gasteiger partial charge in [0.05, 0.1) is 4.88 Å². The van der Waals surface area contributed by atoms with Gasteiger partial charge in [-0.1, -0.05) is 25.3 Å². The summed E-state index contributed by atoms with van der Waals surface area (Å²) >= 11 is 6.90. The van der Waals surface area contributed by atoms with Crippen molar-refractivity contribution < 1.29 is 4.79 Å². The Morgan fingerprint density at radius 2 is 2.27 bits per heavy atom. The first kappa shape index (κ1) is 15.4. The Morgan fingerprint density at radius 1 is 1.50 bits per heavy atom. The van der Waals surface area contributed by atoms with E-state index in [2.05, 4.69) is 15.5 Å². The van der Waals surface area contributed by atoms with E-state index >= 15 is 0 Å². The third-order valence-corrected chi connectivity index (χ3v) is 5.32. The molecule has 2 N–H and O–H groups in total. The van der Waals surface area contributed by atoms with Crippen molar-refractivity contribution in [2.24, 2.45) is 0 Å². The fourth-order valence-corrected chi connectivity index (χ4v) is 3.93. The maximum absolute atomic E-state index is 12.6. The molecule has 2 heterocycles. The highest BCUT2D eigenvalue weighted by Gasteiger charge is 2.24. The van der Waals surface area contributed by atoms with Crippen LogP contribution in [0.4, 0.5) is 0 Å². The summed E-state index contributed by atoms with van der Waals surface area (Å²) in [5.41, 5.74) is 0. The highest BCUT2D eigenvalue weighted by atomic mass is 32.1. The normalized spacial score (nSPS) is 17.3. The van der Waals surface area contributed by atoms with Crippen LogP contribution in [-0.2, 0) is 4.79 Å². The Balaban J connectivity index is 1.79. The first-order valence-electron chi connectivity index (χ1n) is 7.68. The highest BCUT2D eigenvalue weighted by molar-refractivity contribution is 7.71. The number of thiophene rings is 1. The summed E-state index contributed by atoms with van der Waals surface area (Å²) in [7, 11) is 0. The summed E-state index contributed by atoms with van der Waals surface area (Å²) in [5, 5.41) is 12.2. The summed E-state index contributed by atoms with van der Waals surface area (Å²) < 4.78 is 2.29. The molecule has 7 heteroatoms. The molecule has 1 atom stereocenters. The van der Waals surface area contributed by atoms with E-state index in [0.717, 1.165) is 23.5 Å². The number of aromatic amines is 1. The second-order valence-corrected chi connectivity index (χ2v) is 7.05. The van der Waals surface area contributed by atoms with Crippen LogP contribution in [0.2, 0.25) is 0 Å². The molecule has 0 aromatic carbocycles. The summed E-state index contributed by atoms with van der Waals surface area (Å²) in [6, 6.07) is 3.88. The van der Waals surface area contributed by atoms with E-state index in [1.165, 1.54) is 19.3 Å². The lowest BCUT2D eigenvalue weighted by Gasteiger charge is -2.25. The molecule has 1 saturated carbocycles. The smallest absolute Gasteiger partial charge is 0.243 e. The van der Waals surface area contributed by atoms with Gasteiger partial charge in [-0.3, -0.25) is 14.5 Å². The number of nitrogens with zero attached hydrogens (tertiary/aromatic N) is 2. The zero-order chi connectivity index (χ0) is 15.5. The molecule has 2 aromatic rings. The van der Waals surface area contributed by atoms with E-state index in [0.29, 0.717) is 10.8 Å². The molecule has 1 aliphatic rings. The number of carbonyl (C=O) groups is 1. The number of hydrogen-bond donors (Lipinski definition) is 2. The third kappa shape index (κ3) is 3.15. The summed E-state index contributed by atoms with van der Waals surface area (Å²) in [4.78, 5) is 13.6. The molecule has 22 heavy (non-hydrogen) atoms. The van der Waals surface area contributed by atoms with Crippen molar-refractivity contribution in [2.75, 3.05) is 0 Å². The van der Waals surface area contributed by atoms with Crippen LogP contribution in [0, 0.1) is 4.77 Å². The van der Waals surface area contributed by atoms with Gasteiger partial charge in [-0.15, -0.1) is 11.3 Å². The lowest BCUT2D eigenvalue weighted by atomic mass is 9.95. The van der Waals surface area contributed by atoms with Crippen molar-refractivity contribution in [2.45, 2.75) is 51.1 Å². The first-order chi connectivity index (χ1) is 10.7. The number of H-pyrrole nitrogens is 1. The Kier molecular flexibility index (Phi) is 4.73. The van der Waals surface area contributed by atoms with Gasteiger partial charge in [-0.05, 0) is 43.4 Å². The molecule has 5 nitrogen and oxygen atoms in total. The van der Waals surface area contributed by atoms with Crippen LogP contribution in [0.3, 0.4) is 0 Å². The summed E-state index contributed by atoms with van der Waals surface area (Å²) in [5.74, 6) is 0.744. The maximum atomic E-state index is 12.6. The number of rotatable bonds is 4. The minimum Gasteiger partial charge on any atom is -0.352 e. The zero-order valence-electron chi connectivity index (χ0n) is 12.5. The molecule has 0 saturated heterocycles. The number of aromatic nitrogens is 3. The average molecular weight is 336 g/mol. The lowest BCUT2D eigenvalue weighted by Crippen LogP contribution is -2.40. The van der Waals surface area contributed by atoms with Crippen molar-refractivity contribution in [1.29, 1.82) is 0 Å². The van der Waals surface area contributed by atoms with E-state index < -0.39 is 0 Å². The second kappa shape index (κ2) is 6.75. The van der Waals surface area contributed by atoms with Gasteiger partial charge in [-0.2, -0.15) is 5.10 Å². The highest BCUT2D eigenvalue weighted by Crippen LogP contribution is 2.26. The standard InChI is InChI=1S/C15H20N4OS2/c1-10(14(20)16-11-6-3-2-4-7-11)19-13(17-18-15(19)21)12-8-5-9-22-12/h5,8-11H,2-4,6-7H2,1H3,(H,16,20)(H,18,21). The van der Waals surface area contributed by atoms with Gasteiger partial charge >= 0.3 is 0 Å². The molecular formula is C15H20N4OS2. The van der Waals surface area contributed by atoms with Gasteiger partial charge in [0.25, 0.3) is 0 Å². The van der Waals surface area contributed by atoms with E-state index in [1.807, 2.05) is 24.4 Å². The molecular weight excluding hydrogens is 316 g/mol. The largest absolute Gasteiger partial charge is 0.352 e. The molecule has 3 rings (SSSR count). The monoisotopic (exact) mass is 336 g/mol. The van der Waals surface area contributed by atoms with Crippen molar-refractivity contribution in [3.8, 4) is 10.7 Å². The molecule has 1 aliphatic carbocycles. The Labute approximate surface area is 138 Å². The van der Waals surface area contributed by atoms with E-state index in [9.17, 15) is 4.79 Å². The van der Waals surface area contributed by atoms with Crippen molar-refractivity contribution in [3.63, 3.8) is 0 Å². The summed E-state index contributed by atoms with van der Waals surface area (Å²) in [6.45, 7) is 1.88. The van der Waals surface area contributed by atoms with Crippen LogP contribution in [-0.4, -0.2) is 26.7 Å². The third-order valence-electron chi connectivity index (χ3n) is 4.16. The molecule has 1 fully saturated rings. The predicted molar refractivity (Wildman–Crippen MR) is 90.5 cm³/mol. The van der Waals surface area contributed by atoms with Gasteiger partial charge in [0.2, 0.25) is 5.91 Å². The first-order valence-corrected chi connectivity index (χ1v) is 8.97. The minimum absolute atomic E-state index is 0.0159. The predicted octanol–water partition coefficient (Wildman–Crippen LogP) is 3.68. The van der Waals surface area contributed by atoms with E-state index in [-0.39, 0.29) is 11.9 Å². The second-order valence-electron chi connectivity index (χ2n) is 5.72. The Hall–Kier alpha value is -1.47. The topological polar surface area (TPSA) is 62.7 Å². The van der Waals surface area contributed by atoms with Crippen molar-refractivity contribution in [1.82, 2.24) is 20.1 Å². The maximum Gasteiger partial charge on any atom is 0.243 e. The quantitative estimate of drug-likeness (QED) is 0.837. The van der Waals surface area contributed by atoms with Crippen LogP contribution in [0.1, 0.15) is 45.1 Å². The van der Waals surface area contributed by atoms with Crippen LogP contribution in [0.5, 0.6) is 0 Å². The fraction of sp³-hybridized carbons (Fsp3) is 0.533. The van der Waals surface area contributed by atoms with Gasteiger partial charge < -0.3 is 5.32 Å². The SMILES string of the molecule is CC(C(=O)NC1CCCCC1)n1c(-c2cccs2)n[nH]c1=S. The van der Waals surface area contributed by atoms with E-state index in [4.69, 9.17) is 12.2 Å². The van der Waals surface area contributed by atoms with Gasteiger partial charge in [0, 0.05) is 6.04 Å². The van der Waals surface area contributed by atoms with Crippen LogP contribution >= 0.6 is 23.6 Å². The van der Waals surface area contributed by atoms with Crippen molar-refractivity contribution >= 4 is 29.5 Å². The molecule has 0 radical (unpaired) electrons. The number of nitrogens with one attached hydrogen (secondary N) is 2. The molecule has 0 bridgehead atoms. The molecule has 118 valence electrons. The van der Waals surface area contributed by atoms with Gasteiger partial charge in [0.15, 0.2) is 10.6 Å². The number of carbonyl (C=O) groups excluding carboxylic acids is 1. The average Bonchev–Trinajstić information content (AvgIpc) is 3.16. The van der Waals surface area contributed by atoms with Crippen molar-refractivity contribution in [3.05, 3.63) is 22.3 Å². The fourth-order valence-electron chi connectivity index (χ4n) is 2.93. The Bertz CT molecular complexity index is 683. The van der Waals surface area contributed by atoms with E-state index in [1.54, 1.807) is 15.9 Å². The van der Waals surface area contributed by atoms with Crippen LogP contribution in [0.15, 0.2) is 17.5 Å².